The number of rotatable bonds is 1. The molecular weight excluding hydrogens is 214 g/mol. The number of aromatic nitrogens is 2. The van der Waals surface area contributed by atoms with Gasteiger partial charge in [-0.1, -0.05) is 18.2 Å². The molecule has 1 N–H and O–H groups in total. The molecule has 4 nitrogen and oxygen atoms in total. The van der Waals surface area contributed by atoms with Crippen LogP contribution in [0.2, 0.25) is 0 Å². The molecule has 0 aliphatic carbocycles. The molecule has 2 aromatic rings. The van der Waals surface area contributed by atoms with Crippen molar-refractivity contribution in [2.45, 2.75) is 0 Å². The average molecular weight is 225 g/mol. The maximum atomic E-state index is 11.8. The van der Waals surface area contributed by atoms with Gasteiger partial charge in [0.15, 0.2) is 0 Å². The van der Waals surface area contributed by atoms with Gasteiger partial charge in [0, 0.05) is 35.6 Å². The smallest absolute Gasteiger partial charge is 0.256 e. The van der Waals surface area contributed by atoms with Gasteiger partial charge in [-0.15, -0.1) is 0 Å². The van der Waals surface area contributed by atoms with Crippen LogP contribution in [0.1, 0.15) is 11.1 Å². The van der Waals surface area contributed by atoms with Crippen molar-refractivity contribution < 1.29 is 4.79 Å². The topological polar surface area (TPSA) is 46.9 Å². The molecule has 0 spiro atoms. The number of para-hydroxylation sites is 1. The first-order valence-corrected chi connectivity index (χ1v) is 5.35. The van der Waals surface area contributed by atoms with Crippen molar-refractivity contribution >= 4 is 23.2 Å². The zero-order valence-corrected chi connectivity index (χ0v) is 9.34. The summed E-state index contributed by atoms with van der Waals surface area (Å²) in [5, 5.41) is 6.92. The molecule has 0 radical (unpaired) electrons. The van der Waals surface area contributed by atoms with Crippen LogP contribution >= 0.6 is 0 Å². The fraction of sp³-hybridized carbons (Fsp3) is 0.0769. The van der Waals surface area contributed by atoms with Crippen LogP contribution < -0.4 is 5.32 Å². The lowest BCUT2D eigenvalue weighted by Gasteiger charge is -1.95. The van der Waals surface area contributed by atoms with Gasteiger partial charge < -0.3 is 5.32 Å². The monoisotopic (exact) mass is 225 g/mol. The molecule has 0 fully saturated rings. The van der Waals surface area contributed by atoms with Gasteiger partial charge in [0.2, 0.25) is 0 Å². The lowest BCUT2D eigenvalue weighted by Crippen LogP contribution is -2.03. The Morgan fingerprint density at radius 1 is 1.35 bits per heavy atom. The lowest BCUT2D eigenvalue weighted by molar-refractivity contribution is -0.110. The van der Waals surface area contributed by atoms with Crippen molar-refractivity contribution in [2.75, 3.05) is 5.32 Å². The van der Waals surface area contributed by atoms with E-state index in [2.05, 4.69) is 10.4 Å². The first kappa shape index (κ1) is 9.84. The Balaban J connectivity index is 2.09. The summed E-state index contributed by atoms with van der Waals surface area (Å²) in [5.41, 5.74) is 3.43. The summed E-state index contributed by atoms with van der Waals surface area (Å²) in [5.74, 6) is -0.0601. The predicted octanol–water partition coefficient (Wildman–Crippen LogP) is 1.91. The van der Waals surface area contributed by atoms with Gasteiger partial charge in [-0.25, -0.2) is 0 Å². The van der Waals surface area contributed by atoms with Crippen molar-refractivity contribution in [3.05, 3.63) is 47.8 Å². The Morgan fingerprint density at radius 2 is 2.18 bits per heavy atom. The largest absolute Gasteiger partial charge is 0.321 e. The SMILES string of the molecule is Cn1cc(C=C2C(=O)Nc3ccccc32)cn1. The van der Waals surface area contributed by atoms with E-state index in [1.54, 1.807) is 10.9 Å². The number of anilines is 1. The number of fused-ring (bicyclic) bond motifs is 1. The molecule has 17 heavy (non-hydrogen) atoms. The van der Waals surface area contributed by atoms with Crippen LogP contribution in [0.5, 0.6) is 0 Å². The summed E-state index contributed by atoms with van der Waals surface area (Å²) in [6, 6.07) is 7.68. The summed E-state index contributed by atoms with van der Waals surface area (Å²) < 4.78 is 1.71. The summed E-state index contributed by atoms with van der Waals surface area (Å²) in [6.45, 7) is 0. The number of hydrogen-bond donors (Lipinski definition) is 1. The van der Waals surface area contributed by atoms with Gasteiger partial charge >= 0.3 is 0 Å². The predicted molar refractivity (Wildman–Crippen MR) is 66.2 cm³/mol. The van der Waals surface area contributed by atoms with Crippen LogP contribution in [0.4, 0.5) is 5.69 Å². The van der Waals surface area contributed by atoms with E-state index in [0.29, 0.717) is 5.57 Å². The van der Waals surface area contributed by atoms with Crippen molar-refractivity contribution in [2.24, 2.45) is 7.05 Å². The van der Waals surface area contributed by atoms with Gasteiger partial charge in [-0.3, -0.25) is 9.48 Å². The number of nitrogens with zero attached hydrogens (tertiary/aromatic N) is 2. The second-order valence-electron chi connectivity index (χ2n) is 4.01. The highest BCUT2D eigenvalue weighted by Crippen LogP contribution is 2.32. The normalized spacial score (nSPS) is 16.1. The number of carbonyl (C=O) groups is 1. The zero-order valence-electron chi connectivity index (χ0n) is 9.34. The van der Waals surface area contributed by atoms with Crippen LogP contribution in [0, 0.1) is 0 Å². The van der Waals surface area contributed by atoms with Crippen LogP contribution in [-0.4, -0.2) is 15.7 Å². The van der Waals surface area contributed by atoms with Crippen LogP contribution in [0.15, 0.2) is 36.7 Å². The summed E-state index contributed by atoms with van der Waals surface area (Å²) in [4.78, 5) is 11.8. The Morgan fingerprint density at radius 3 is 2.94 bits per heavy atom. The van der Waals surface area contributed by atoms with Gasteiger partial charge in [-0.2, -0.15) is 5.10 Å². The van der Waals surface area contributed by atoms with Crippen LogP contribution in [-0.2, 0) is 11.8 Å². The second kappa shape index (κ2) is 3.59. The van der Waals surface area contributed by atoms with Crippen LogP contribution in [0.25, 0.3) is 11.6 Å². The van der Waals surface area contributed by atoms with E-state index in [0.717, 1.165) is 16.8 Å². The molecule has 1 aliphatic rings. The first-order chi connectivity index (χ1) is 8.24. The van der Waals surface area contributed by atoms with E-state index in [4.69, 9.17) is 0 Å². The highest BCUT2D eigenvalue weighted by atomic mass is 16.2. The van der Waals surface area contributed by atoms with Gasteiger partial charge in [0.1, 0.15) is 0 Å². The second-order valence-corrected chi connectivity index (χ2v) is 4.01. The standard InChI is InChI=1S/C13H11N3O/c1-16-8-9(7-14-16)6-11-10-4-2-3-5-12(10)15-13(11)17/h2-8H,1H3,(H,15,17). The van der Waals surface area contributed by atoms with Gasteiger partial charge in [0.05, 0.1) is 6.20 Å². The molecule has 1 aliphatic heterocycles. The molecule has 1 amide bonds. The molecule has 0 saturated heterocycles. The third kappa shape index (κ3) is 1.63. The summed E-state index contributed by atoms with van der Waals surface area (Å²) in [7, 11) is 1.85. The Bertz CT molecular complexity index is 625. The maximum absolute atomic E-state index is 11.8. The minimum atomic E-state index is -0.0601. The van der Waals surface area contributed by atoms with E-state index >= 15 is 0 Å². The molecule has 0 bridgehead atoms. The number of benzene rings is 1. The Kier molecular flexibility index (Phi) is 2.08. The number of nitrogens with one attached hydrogen (secondary N) is 1. The summed E-state index contributed by atoms with van der Waals surface area (Å²) >= 11 is 0. The van der Waals surface area contributed by atoms with E-state index in [-0.39, 0.29) is 5.91 Å². The molecule has 4 heteroatoms. The quantitative estimate of drug-likeness (QED) is 0.753. The molecular formula is C13H11N3O. The molecule has 0 saturated carbocycles. The lowest BCUT2D eigenvalue weighted by atomic mass is 10.1. The van der Waals surface area contributed by atoms with Crippen molar-refractivity contribution in [1.29, 1.82) is 0 Å². The minimum Gasteiger partial charge on any atom is -0.321 e. The highest BCUT2D eigenvalue weighted by molar-refractivity contribution is 6.34. The van der Waals surface area contributed by atoms with Crippen molar-refractivity contribution in [3.63, 3.8) is 0 Å². The fourth-order valence-corrected chi connectivity index (χ4v) is 1.96. The van der Waals surface area contributed by atoms with E-state index in [9.17, 15) is 4.79 Å². The van der Waals surface area contributed by atoms with E-state index in [1.807, 2.05) is 43.6 Å². The van der Waals surface area contributed by atoms with Crippen molar-refractivity contribution in [1.82, 2.24) is 9.78 Å². The first-order valence-electron chi connectivity index (χ1n) is 5.35. The van der Waals surface area contributed by atoms with E-state index in [1.165, 1.54) is 0 Å². The number of carbonyl (C=O) groups excluding carboxylic acids is 1. The van der Waals surface area contributed by atoms with Gasteiger partial charge in [0.25, 0.3) is 5.91 Å². The van der Waals surface area contributed by atoms with Crippen LogP contribution in [0.3, 0.4) is 0 Å². The molecule has 0 unspecified atom stereocenters. The Labute approximate surface area is 98.6 Å². The summed E-state index contributed by atoms with van der Waals surface area (Å²) in [6.07, 6.45) is 5.47. The number of amides is 1. The molecule has 2 heterocycles. The molecule has 3 rings (SSSR count). The minimum absolute atomic E-state index is 0.0601. The van der Waals surface area contributed by atoms with Crippen molar-refractivity contribution in [3.8, 4) is 0 Å². The average Bonchev–Trinajstić information content (AvgIpc) is 2.85. The fourth-order valence-electron chi connectivity index (χ4n) is 1.96. The zero-order chi connectivity index (χ0) is 11.8. The molecule has 84 valence electrons. The molecule has 1 aromatic carbocycles. The number of hydrogen-bond acceptors (Lipinski definition) is 2. The maximum Gasteiger partial charge on any atom is 0.256 e. The van der Waals surface area contributed by atoms with E-state index < -0.39 is 0 Å². The molecule has 0 atom stereocenters. The van der Waals surface area contributed by atoms with Gasteiger partial charge in [-0.05, 0) is 12.1 Å². The third-order valence-corrected chi connectivity index (χ3v) is 2.75. The molecule has 1 aromatic heterocycles. The highest BCUT2D eigenvalue weighted by Gasteiger charge is 2.23. The third-order valence-electron chi connectivity index (χ3n) is 2.75. The number of aryl methyl sites for hydroxylation is 1. The Hall–Kier alpha value is -2.36.